The first-order chi connectivity index (χ1) is 12.7. The Morgan fingerprint density at radius 3 is 2.56 bits per heavy atom. The molecule has 0 unspecified atom stereocenters. The van der Waals surface area contributed by atoms with Crippen LogP contribution >= 0.6 is 11.5 Å². The lowest BCUT2D eigenvalue weighted by Crippen LogP contribution is -2.54. The molecule has 27 heavy (non-hydrogen) atoms. The predicted octanol–water partition coefficient (Wildman–Crippen LogP) is 3.91. The summed E-state index contributed by atoms with van der Waals surface area (Å²) < 4.78 is 4.55. The molecule has 146 valence electrons. The number of amides is 1. The Hall–Kier alpha value is -1.95. The fourth-order valence-electron chi connectivity index (χ4n) is 3.39. The molecule has 1 saturated heterocycles. The molecular formula is C21H30N4OS. The van der Waals surface area contributed by atoms with Gasteiger partial charge in [-0.15, -0.1) is 0 Å². The molecule has 1 fully saturated rings. The van der Waals surface area contributed by atoms with Crippen molar-refractivity contribution in [3.63, 3.8) is 0 Å². The maximum absolute atomic E-state index is 12.6. The molecule has 0 bridgehead atoms. The van der Waals surface area contributed by atoms with Crippen molar-refractivity contribution in [3.05, 3.63) is 41.2 Å². The second kappa shape index (κ2) is 7.97. The average Bonchev–Trinajstić information content (AvgIpc) is 3.03. The van der Waals surface area contributed by atoms with Crippen molar-refractivity contribution in [2.45, 2.75) is 53.5 Å². The van der Waals surface area contributed by atoms with Gasteiger partial charge in [-0.1, -0.05) is 50.6 Å². The first-order valence-electron chi connectivity index (χ1n) is 9.64. The van der Waals surface area contributed by atoms with Crippen LogP contribution in [-0.4, -0.2) is 45.8 Å². The molecule has 1 aromatic heterocycles. The molecule has 1 aromatic carbocycles. The van der Waals surface area contributed by atoms with E-state index >= 15 is 0 Å². The first kappa shape index (κ1) is 19.8. The van der Waals surface area contributed by atoms with Gasteiger partial charge in [-0.05, 0) is 24.8 Å². The quantitative estimate of drug-likeness (QED) is 0.799. The van der Waals surface area contributed by atoms with E-state index in [4.69, 9.17) is 4.98 Å². The molecule has 0 radical (unpaired) electrons. The van der Waals surface area contributed by atoms with Crippen LogP contribution in [0.3, 0.4) is 0 Å². The second-order valence-corrected chi connectivity index (χ2v) is 9.51. The third-order valence-electron chi connectivity index (χ3n) is 4.84. The van der Waals surface area contributed by atoms with Crippen molar-refractivity contribution in [2.24, 2.45) is 5.41 Å². The molecule has 3 rings (SSSR count). The van der Waals surface area contributed by atoms with Gasteiger partial charge in [0.05, 0.1) is 0 Å². The summed E-state index contributed by atoms with van der Waals surface area (Å²) >= 11 is 1.46. The van der Waals surface area contributed by atoms with Gasteiger partial charge >= 0.3 is 0 Å². The summed E-state index contributed by atoms with van der Waals surface area (Å²) in [6.45, 7) is 12.9. The second-order valence-electron chi connectivity index (χ2n) is 8.78. The molecule has 1 atom stereocenters. The van der Waals surface area contributed by atoms with Crippen molar-refractivity contribution < 1.29 is 4.79 Å². The fraction of sp³-hybridized carbons (Fsp3) is 0.571. The fourth-order valence-corrected chi connectivity index (χ4v) is 4.11. The van der Waals surface area contributed by atoms with Gasteiger partial charge in [-0.2, -0.15) is 4.37 Å². The number of carbonyl (C=O) groups is 1. The number of hydrogen-bond donors (Lipinski definition) is 0. The summed E-state index contributed by atoms with van der Waals surface area (Å²) in [5.41, 5.74) is 2.52. The third-order valence-corrected chi connectivity index (χ3v) is 5.65. The van der Waals surface area contributed by atoms with Crippen molar-refractivity contribution >= 4 is 22.6 Å². The minimum atomic E-state index is 0.0258. The van der Waals surface area contributed by atoms with Crippen LogP contribution in [0.2, 0.25) is 0 Å². The Morgan fingerprint density at radius 1 is 1.22 bits per heavy atom. The molecule has 1 aliphatic rings. The molecular weight excluding hydrogens is 356 g/mol. The lowest BCUT2D eigenvalue weighted by molar-refractivity contribution is -0.135. The maximum Gasteiger partial charge on any atom is 0.223 e. The normalized spacial score (nSPS) is 18.0. The van der Waals surface area contributed by atoms with Gasteiger partial charge in [0.15, 0.2) is 0 Å². The summed E-state index contributed by atoms with van der Waals surface area (Å²) in [7, 11) is 0. The number of rotatable bonds is 4. The van der Waals surface area contributed by atoms with E-state index in [1.165, 1.54) is 22.7 Å². The predicted molar refractivity (Wildman–Crippen MR) is 111 cm³/mol. The van der Waals surface area contributed by atoms with Crippen molar-refractivity contribution in [1.82, 2.24) is 14.3 Å². The highest BCUT2D eigenvalue weighted by atomic mass is 32.1. The van der Waals surface area contributed by atoms with Gasteiger partial charge in [0.2, 0.25) is 11.0 Å². The SMILES string of the molecule is Cc1ccc(Cc2nsc(N3CCN(C(=O)CC(C)(C)C)[C@@H](C)C3)n2)cc1. The van der Waals surface area contributed by atoms with E-state index in [9.17, 15) is 4.79 Å². The summed E-state index contributed by atoms with van der Waals surface area (Å²) in [5.74, 6) is 1.13. The highest BCUT2D eigenvalue weighted by molar-refractivity contribution is 7.09. The highest BCUT2D eigenvalue weighted by Crippen LogP contribution is 2.25. The average molecular weight is 387 g/mol. The molecule has 0 aliphatic carbocycles. The van der Waals surface area contributed by atoms with Crippen molar-refractivity contribution in [2.75, 3.05) is 24.5 Å². The van der Waals surface area contributed by atoms with Gasteiger partial charge in [0.1, 0.15) is 5.82 Å². The number of nitrogens with zero attached hydrogens (tertiary/aromatic N) is 4. The van der Waals surface area contributed by atoms with E-state index in [0.717, 1.165) is 37.0 Å². The molecule has 5 nitrogen and oxygen atoms in total. The van der Waals surface area contributed by atoms with Crippen LogP contribution in [0.15, 0.2) is 24.3 Å². The topological polar surface area (TPSA) is 49.3 Å². The minimum absolute atomic E-state index is 0.0258. The molecule has 6 heteroatoms. The lowest BCUT2D eigenvalue weighted by Gasteiger charge is -2.40. The molecule has 0 N–H and O–H groups in total. The number of carbonyl (C=O) groups excluding carboxylic acids is 1. The number of aromatic nitrogens is 2. The zero-order chi connectivity index (χ0) is 19.6. The standard InChI is InChI=1S/C21H30N4OS/c1-15-6-8-17(9-7-15)12-18-22-20(27-23-18)24-10-11-25(16(2)14-24)19(26)13-21(3,4)5/h6-9,16H,10-14H2,1-5H3/t16-/m0/s1. The molecule has 1 amide bonds. The molecule has 0 spiro atoms. The third kappa shape index (κ3) is 5.28. The molecule has 0 saturated carbocycles. The van der Waals surface area contributed by atoms with E-state index in [1.54, 1.807) is 0 Å². The summed E-state index contributed by atoms with van der Waals surface area (Å²) in [6, 6.07) is 8.71. The van der Waals surface area contributed by atoms with Crippen molar-refractivity contribution in [3.8, 4) is 0 Å². The van der Waals surface area contributed by atoms with Crippen LogP contribution in [-0.2, 0) is 11.2 Å². The monoisotopic (exact) mass is 386 g/mol. The Morgan fingerprint density at radius 2 is 1.93 bits per heavy atom. The molecule has 1 aliphatic heterocycles. The Kier molecular flexibility index (Phi) is 5.84. The smallest absolute Gasteiger partial charge is 0.223 e. The number of anilines is 1. The number of piperazine rings is 1. The van der Waals surface area contributed by atoms with Crippen LogP contribution in [0.1, 0.15) is 51.1 Å². The van der Waals surface area contributed by atoms with Crippen LogP contribution in [0.25, 0.3) is 0 Å². The van der Waals surface area contributed by atoms with Crippen LogP contribution in [0.5, 0.6) is 0 Å². The van der Waals surface area contributed by atoms with Gasteiger partial charge in [0.25, 0.3) is 0 Å². The number of benzene rings is 1. The zero-order valence-electron chi connectivity index (χ0n) is 17.0. The van der Waals surface area contributed by atoms with Gasteiger partial charge in [0, 0.05) is 50.1 Å². The summed E-state index contributed by atoms with van der Waals surface area (Å²) in [5, 5.41) is 0.965. The molecule has 2 aromatic rings. The van der Waals surface area contributed by atoms with E-state index in [0.29, 0.717) is 6.42 Å². The minimum Gasteiger partial charge on any atom is -0.343 e. The number of aryl methyl sites for hydroxylation is 1. The zero-order valence-corrected chi connectivity index (χ0v) is 17.8. The van der Waals surface area contributed by atoms with Crippen LogP contribution in [0, 0.1) is 12.3 Å². The van der Waals surface area contributed by atoms with Crippen LogP contribution < -0.4 is 4.90 Å². The largest absolute Gasteiger partial charge is 0.343 e. The van der Waals surface area contributed by atoms with Gasteiger partial charge in [-0.3, -0.25) is 4.79 Å². The first-order valence-corrected chi connectivity index (χ1v) is 10.4. The van der Waals surface area contributed by atoms with Crippen LogP contribution in [0.4, 0.5) is 5.13 Å². The van der Waals surface area contributed by atoms with Gasteiger partial charge in [-0.25, -0.2) is 4.98 Å². The lowest BCUT2D eigenvalue weighted by atomic mass is 9.91. The Bertz CT molecular complexity index is 778. The Labute approximate surface area is 166 Å². The van der Waals surface area contributed by atoms with E-state index in [1.807, 2.05) is 4.90 Å². The molecule has 2 heterocycles. The summed E-state index contributed by atoms with van der Waals surface area (Å²) in [4.78, 5) is 21.6. The van der Waals surface area contributed by atoms with Gasteiger partial charge < -0.3 is 9.80 Å². The van der Waals surface area contributed by atoms with Crippen molar-refractivity contribution in [1.29, 1.82) is 0 Å². The number of hydrogen-bond acceptors (Lipinski definition) is 5. The maximum atomic E-state index is 12.6. The highest BCUT2D eigenvalue weighted by Gasteiger charge is 2.30. The Balaban J connectivity index is 1.60. The van der Waals surface area contributed by atoms with E-state index < -0.39 is 0 Å². The van der Waals surface area contributed by atoms with E-state index in [2.05, 4.69) is 68.2 Å². The summed E-state index contributed by atoms with van der Waals surface area (Å²) in [6.07, 6.45) is 1.35. The van der Waals surface area contributed by atoms with E-state index in [-0.39, 0.29) is 17.4 Å².